The maximum absolute atomic E-state index is 8.94. The van der Waals surface area contributed by atoms with Crippen molar-refractivity contribution in [1.29, 1.82) is 0 Å². The van der Waals surface area contributed by atoms with Crippen LogP contribution in [0.4, 0.5) is 0 Å². The van der Waals surface area contributed by atoms with E-state index in [4.69, 9.17) is 16.0 Å². The molecule has 0 aliphatic carbocycles. The molecule has 1 unspecified atom stereocenters. The van der Waals surface area contributed by atoms with E-state index in [1.807, 2.05) is 18.5 Å². The van der Waals surface area contributed by atoms with Crippen LogP contribution in [-0.4, -0.2) is 50.3 Å². The van der Waals surface area contributed by atoms with Crippen molar-refractivity contribution < 1.29 is 16.0 Å². The van der Waals surface area contributed by atoms with Gasteiger partial charge in [-0.25, -0.2) is 0 Å². The van der Waals surface area contributed by atoms with Gasteiger partial charge in [-0.15, -0.1) is 0 Å². The molecule has 1 fully saturated rings. The molecule has 17 heavy (non-hydrogen) atoms. The number of aromatic nitrogens is 1. The quantitative estimate of drug-likeness (QED) is 0.616. The molecule has 0 amide bonds. The second kappa shape index (κ2) is 6.33. The number of hydrogen-bond donors (Lipinski definition) is 3. The monoisotopic (exact) mass is 304 g/mol. The summed E-state index contributed by atoms with van der Waals surface area (Å²) in [6.07, 6.45) is 6.41. The molecule has 3 N–H and O–H groups in total. The molecule has 96 valence electrons. The first kappa shape index (κ1) is 14.4. The Kier molecular flexibility index (Phi) is 5.36. The molecule has 2 rings (SSSR count). The van der Waals surface area contributed by atoms with Gasteiger partial charge in [0.25, 0.3) is 0 Å². The number of rotatable bonds is 1. The van der Waals surface area contributed by atoms with Crippen molar-refractivity contribution in [1.82, 2.24) is 9.88 Å². The van der Waals surface area contributed by atoms with Gasteiger partial charge >= 0.3 is 30.5 Å². The van der Waals surface area contributed by atoms with Gasteiger partial charge in [0.05, 0.1) is 0 Å². The molecule has 1 aromatic rings. The zero-order valence-corrected chi connectivity index (χ0v) is 11.5. The molecule has 6 nitrogen and oxygen atoms in total. The van der Waals surface area contributed by atoms with E-state index in [-0.39, 0.29) is 0 Å². The zero-order chi connectivity index (χ0) is 12.9. The number of nitrogens with zero attached hydrogens (tertiary/aromatic N) is 2. The third kappa shape index (κ3) is 6.00. The number of pyridine rings is 1. The summed E-state index contributed by atoms with van der Waals surface area (Å²) in [4.78, 5) is 6.54. The fourth-order valence-electron chi connectivity index (χ4n) is 1.90. The third-order valence-electron chi connectivity index (χ3n) is 2.59. The van der Waals surface area contributed by atoms with Crippen LogP contribution in [0.2, 0.25) is 0 Å². The van der Waals surface area contributed by atoms with Crippen molar-refractivity contribution in [2.45, 2.75) is 18.9 Å². The van der Waals surface area contributed by atoms with E-state index in [1.54, 1.807) is 0 Å². The molecule has 2 heterocycles. The minimum atomic E-state index is -5.12. The van der Waals surface area contributed by atoms with Crippen LogP contribution >= 0.6 is 0 Å². The summed E-state index contributed by atoms with van der Waals surface area (Å²) in [5, 5.41) is 0. The molecular formula is C10H17AsN2O4. The van der Waals surface area contributed by atoms with E-state index < -0.39 is 14.5 Å². The van der Waals surface area contributed by atoms with Gasteiger partial charge in [-0.2, -0.15) is 0 Å². The van der Waals surface area contributed by atoms with Crippen molar-refractivity contribution in [3.8, 4) is 0 Å². The second-order valence-corrected chi connectivity index (χ2v) is 6.09. The Morgan fingerprint density at radius 3 is 2.53 bits per heavy atom. The summed E-state index contributed by atoms with van der Waals surface area (Å²) in [6.45, 7) is 1.22. The minimum absolute atomic E-state index is 0.610. The van der Waals surface area contributed by atoms with Crippen molar-refractivity contribution in [3.63, 3.8) is 0 Å². The molecule has 1 atom stereocenters. The predicted octanol–water partition coefficient (Wildman–Crippen LogP) is -0.322. The van der Waals surface area contributed by atoms with E-state index in [0.29, 0.717) is 6.04 Å². The molecule has 0 saturated carbocycles. The first-order valence-electron chi connectivity index (χ1n) is 5.26. The van der Waals surface area contributed by atoms with Gasteiger partial charge in [-0.05, 0) is 38.1 Å². The molecule has 1 aliphatic heterocycles. The van der Waals surface area contributed by atoms with E-state index in [9.17, 15) is 0 Å². The van der Waals surface area contributed by atoms with Crippen molar-refractivity contribution >= 4 is 14.5 Å². The zero-order valence-electron chi connectivity index (χ0n) is 9.60. The molecule has 1 saturated heterocycles. The first-order valence-corrected chi connectivity index (χ1v) is 8.55. The third-order valence-corrected chi connectivity index (χ3v) is 2.59. The van der Waals surface area contributed by atoms with Crippen LogP contribution in [0.15, 0.2) is 24.5 Å². The van der Waals surface area contributed by atoms with Crippen LogP contribution in [0, 0.1) is 0 Å². The predicted molar refractivity (Wildman–Crippen MR) is 61.9 cm³/mol. The summed E-state index contributed by atoms with van der Waals surface area (Å²) in [6, 6.07) is 4.79. The molecule has 0 spiro atoms. The standard InChI is InChI=1S/C10H14N2.AsH3O4/c1-12-7-3-5-10(12)9-4-2-6-11-8-9;2-1(3,4)5/h2,4,6,8,10H,3,5,7H2,1H3;(H3,2,3,4,5). The first-order chi connectivity index (χ1) is 7.88. The Labute approximate surface area is 103 Å². The van der Waals surface area contributed by atoms with Gasteiger partial charge < -0.3 is 0 Å². The van der Waals surface area contributed by atoms with Crippen molar-refractivity contribution in [2.75, 3.05) is 13.6 Å². The summed E-state index contributed by atoms with van der Waals surface area (Å²) in [5.74, 6) is 0. The van der Waals surface area contributed by atoms with Crippen LogP contribution in [0.5, 0.6) is 0 Å². The normalized spacial score (nSPS) is 20.8. The topological polar surface area (TPSA) is 93.9 Å². The van der Waals surface area contributed by atoms with Gasteiger partial charge in [0, 0.05) is 18.4 Å². The van der Waals surface area contributed by atoms with E-state index in [1.165, 1.54) is 24.9 Å². The van der Waals surface area contributed by atoms with Crippen molar-refractivity contribution in [3.05, 3.63) is 30.1 Å². The summed E-state index contributed by atoms with van der Waals surface area (Å²) >= 11 is -5.12. The van der Waals surface area contributed by atoms with Crippen LogP contribution in [0.1, 0.15) is 24.4 Å². The second-order valence-electron chi connectivity index (χ2n) is 3.94. The van der Waals surface area contributed by atoms with Gasteiger partial charge in [-0.1, -0.05) is 6.07 Å². The summed E-state index contributed by atoms with van der Waals surface area (Å²) in [5.41, 5.74) is 1.36. The number of hydrogen-bond acceptors (Lipinski definition) is 3. The number of likely N-dealkylation sites (tertiary alicyclic amines) is 1. The van der Waals surface area contributed by atoms with Gasteiger partial charge in [0.1, 0.15) is 0 Å². The van der Waals surface area contributed by atoms with Gasteiger partial charge in [0.15, 0.2) is 0 Å². The van der Waals surface area contributed by atoms with E-state index in [0.717, 1.165) is 0 Å². The molecular weight excluding hydrogens is 287 g/mol. The Morgan fingerprint density at radius 1 is 1.47 bits per heavy atom. The maximum atomic E-state index is 8.94. The summed E-state index contributed by atoms with van der Waals surface area (Å²) in [7, 11) is 2.19. The Hall–Kier alpha value is -0.652. The van der Waals surface area contributed by atoms with E-state index >= 15 is 0 Å². The van der Waals surface area contributed by atoms with Gasteiger partial charge in [-0.3, -0.25) is 9.88 Å². The fourth-order valence-corrected chi connectivity index (χ4v) is 1.90. The van der Waals surface area contributed by atoms with Crippen LogP contribution < -0.4 is 0 Å². The molecule has 1 aliphatic rings. The molecule has 0 bridgehead atoms. The Morgan fingerprint density at radius 2 is 2.12 bits per heavy atom. The molecule has 0 radical (unpaired) electrons. The molecule has 0 aromatic carbocycles. The molecule has 1 aromatic heterocycles. The fraction of sp³-hybridized carbons (Fsp3) is 0.500. The van der Waals surface area contributed by atoms with Gasteiger partial charge in [0.2, 0.25) is 0 Å². The Bertz CT molecular complexity index is 373. The van der Waals surface area contributed by atoms with Crippen LogP contribution in [0.3, 0.4) is 0 Å². The van der Waals surface area contributed by atoms with Crippen molar-refractivity contribution in [2.24, 2.45) is 0 Å². The van der Waals surface area contributed by atoms with E-state index in [2.05, 4.69) is 23.0 Å². The van der Waals surface area contributed by atoms with Crippen LogP contribution in [-0.2, 0) is 3.74 Å². The Balaban J connectivity index is 0.000000249. The average Bonchev–Trinajstić information content (AvgIpc) is 2.63. The summed E-state index contributed by atoms with van der Waals surface area (Å²) < 4.78 is 30.7. The molecule has 7 heteroatoms. The SMILES string of the molecule is CN1CCCC1c1cccnc1.O=[As](O)(O)O. The average molecular weight is 304 g/mol. The van der Waals surface area contributed by atoms with Crippen LogP contribution in [0.25, 0.3) is 0 Å².